The lowest BCUT2D eigenvalue weighted by molar-refractivity contribution is 0.397. The van der Waals surface area contributed by atoms with E-state index in [1.807, 2.05) is 30.5 Å². The molecule has 2 aromatic heterocycles. The first kappa shape index (κ1) is 14.1. The third-order valence-corrected chi connectivity index (χ3v) is 2.82. The molecule has 5 heteroatoms. The SMILES string of the molecule is CCCNc1cc(NCc2ccc(OC)nc2)ccn1. The van der Waals surface area contributed by atoms with E-state index in [-0.39, 0.29) is 0 Å². The van der Waals surface area contributed by atoms with Gasteiger partial charge in [-0.1, -0.05) is 13.0 Å². The first-order valence-electron chi connectivity index (χ1n) is 6.74. The molecule has 5 nitrogen and oxygen atoms in total. The molecule has 0 bridgehead atoms. The summed E-state index contributed by atoms with van der Waals surface area (Å²) in [5.41, 5.74) is 2.14. The van der Waals surface area contributed by atoms with Gasteiger partial charge in [-0.05, 0) is 18.1 Å². The van der Waals surface area contributed by atoms with Crippen LogP contribution in [0.2, 0.25) is 0 Å². The molecule has 0 amide bonds. The predicted molar refractivity (Wildman–Crippen MR) is 81.1 cm³/mol. The molecule has 2 aromatic rings. The van der Waals surface area contributed by atoms with Crippen LogP contribution >= 0.6 is 0 Å². The fourth-order valence-electron chi connectivity index (χ4n) is 1.73. The molecule has 0 saturated heterocycles. The Morgan fingerprint density at radius 2 is 2.05 bits per heavy atom. The number of anilines is 2. The summed E-state index contributed by atoms with van der Waals surface area (Å²) in [6.07, 6.45) is 4.69. The Balaban J connectivity index is 1.92. The minimum atomic E-state index is 0.628. The molecule has 20 heavy (non-hydrogen) atoms. The minimum absolute atomic E-state index is 0.628. The highest BCUT2D eigenvalue weighted by molar-refractivity contribution is 5.52. The van der Waals surface area contributed by atoms with Gasteiger partial charge in [0.2, 0.25) is 5.88 Å². The van der Waals surface area contributed by atoms with E-state index in [2.05, 4.69) is 27.5 Å². The molecule has 2 rings (SSSR count). The number of pyridine rings is 2. The second kappa shape index (κ2) is 7.33. The lowest BCUT2D eigenvalue weighted by Crippen LogP contribution is -2.04. The lowest BCUT2D eigenvalue weighted by atomic mass is 10.2. The Kier molecular flexibility index (Phi) is 5.17. The van der Waals surface area contributed by atoms with Crippen LogP contribution in [0.4, 0.5) is 11.5 Å². The number of hydrogen-bond donors (Lipinski definition) is 2. The van der Waals surface area contributed by atoms with Crippen LogP contribution in [0, 0.1) is 0 Å². The summed E-state index contributed by atoms with van der Waals surface area (Å²) < 4.78 is 5.04. The highest BCUT2D eigenvalue weighted by Gasteiger charge is 1.98. The van der Waals surface area contributed by atoms with Gasteiger partial charge in [-0.25, -0.2) is 9.97 Å². The number of nitrogens with one attached hydrogen (secondary N) is 2. The lowest BCUT2D eigenvalue weighted by Gasteiger charge is -2.09. The topological polar surface area (TPSA) is 59.1 Å². The number of nitrogens with zero attached hydrogens (tertiary/aromatic N) is 2. The molecule has 0 aliphatic carbocycles. The van der Waals surface area contributed by atoms with Gasteiger partial charge >= 0.3 is 0 Å². The van der Waals surface area contributed by atoms with Crippen LogP contribution in [-0.2, 0) is 6.54 Å². The Bertz CT molecular complexity index is 528. The van der Waals surface area contributed by atoms with Crippen molar-refractivity contribution in [3.8, 4) is 5.88 Å². The fourth-order valence-corrected chi connectivity index (χ4v) is 1.73. The molecule has 0 unspecified atom stereocenters. The number of aromatic nitrogens is 2. The third-order valence-electron chi connectivity index (χ3n) is 2.82. The standard InChI is InChI=1S/C15H20N4O/c1-3-7-16-14-9-13(6-8-17-14)18-10-12-4-5-15(20-2)19-11-12/h4-6,8-9,11H,3,7,10H2,1-2H3,(H2,16,17,18). The van der Waals surface area contributed by atoms with Gasteiger partial charge < -0.3 is 15.4 Å². The Labute approximate surface area is 119 Å². The van der Waals surface area contributed by atoms with Gasteiger partial charge in [-0.15, -0.1) is 0 Å². The van der Waals surface area contributed by atoms with E-state index >= 15 is 0 Å². The first-order chi connectivity index (χ1) is 9.81. The van der Waals surface area contributed by atoms with Crippen molar-refractivity contribution in [2.45, 2.75) is 19.9 Å². The molecule has 2 heterocycles. The van der Waals surface area contributed by atoms with Gasteiger partial charge in [0.25, 0.3) is 0 Å². The zero-order chi connectivity index (χ0) is 14.2. The van der Waals surface area contributed by atoms with E-state index in [1.54, 1.807) is 13.3 Å². The van der Waals surface area contributed by atoms with E-state index in [9.17, 15) is 0 Å². The molecule has 0 radical (unpaired) electrons. The molecule has 0 spiro atoms. The zero-order valence-electron chi connectivity index (χ0n) is 11.9. The first-order valence-corrected chi connectivity index (χ1v) is 6.74. The van der Waals surface area contributed by atoms with Crippen molar-refractivity contribution >= 4 is 11.5 Å². The maximum Gasteiger partial charge on any atom is 0.212 e. The monoisotopic (exact) mass is 272 g/mol. The summed E-state index contributed by atoms with van der Waals surface area (Å²) in [5, 5.41) is 6.62. The van der Waals surface area contributed by atoms with E-state index in [4.69, 9.17) is 4.74 Å². The number of rotatable bonds is 7. The molecular formula is C15H20N4O. The van der Waals surface area contributed by atoms with Crippen LogP contribution < -0.4 is 15.4 Å². The van der Waals surface area contributed by atoms with Gasteiger partial charge in [0.05, 0.1) is 7.11 Å². The Morgan fingerprint density at radius 1 is 1.15 bits per heavy atom. The van der Waals surface area contributed by atoms with Gasteiger partial charge in [-0.3, -0.25) is 0 Å². The minimum Gasteiger partial charge on any atom is -0.481 e. The summed E-state index contributed by atoms with van der Waals surface area (Å²) >= 11 is 0. The molecule has 0 atom stereocenters. The average molecular weight is 272 g/mol. The molecule has 0 aromatic carbocycles. The number of ether oxygens (including phenoxy) is 1. The van der Waals surface area contributed by atoms with Gasteiger partial charge in [0.15, 0.2) is 0 Å². The summed E-state index contributed by atoms with van der Waals surface area (Å²) in [6.45, 7) is 3.78. The van der Waals surface area contributed by atoms with Crippen molar-refractivity contribution in [2.75, 3.05) is 24.3 Å². The van der Waals surface area contributed by atoms with E-state index in [0.717, 1.165) is 30.0 Å². The Hall–Kier alpha value is -2.30. The van der Waals surface area contributed by atoms with Crippen LogP contribution in [0.3, 0.4) is 0 Å². The molecule has 2 N–H and O–H groups in total. The van der Waals surface area contributed by atoms with Crippen LogP contribution in [0.15, 0.2) is 36.7 Å². The third kappa shape index (κ3) is 4.12. The van der Waals surface area contributed by atoms with Crippen molar-refractivity contribution in [1.29, 1.82) is 0 Å². The van der Waals surface area contributed by atoms with Crippen molar-refractivity contribution < 1.29 is 4.74 Å². The number of methoxy groups -OCH3 is 1. The highest BCUT2D eigenvalue weighted by Crippen LogP contribution is 2.14. The molecule has 0 aliphatic heterocycles. The molecule has 0 aliphatic rings. The van der Waals surface area contributed by atoms with Crippen molar-refractivity contribution in [3.63, 3.8) is 0 Å². The predicted octanol–water partition coefficient (Wildman–Crippen LogP) is 2.92. The number of hydrogen-bond acceptors (Lipinski definition) is 5. The van der Waals surface area contributed by atoms with E-state index in [1.165, 1.54) is 0 Å². The molecule has 0 saturated carbocycles. The molecule has 0 fully saturated rings. The molecule has 106 valence electrons. The summed E-state index contributed by atoms with van der Waals surface area (Å²) in [4.78, 5) is 8.46. The normalized spacial score (nSPS) is 10.1. The maximum absolute atomic E-state index is 5.04. The largest absolute Gasteiger partial charge is 0.481 e. The second-order valence-electron chi connectivity index (χ2n) is 4.42. The Morgan fingerprint density at radius 3 is 2.75 bits per heavy atom. The maximum atomic E-state index is 5.04. The van der Waals surface area contributed by atoms with Crippen LogP contribution in [-0.4, -0.2) is 23.6 Å². The highest BCUT2D eigenvalue weighted by atomic mass is 16.5. The zero-order valence-corrected chi connectivity index (χ0v) is 11.9. The smallest absolute Gasteiger partial charge is 0.212 e. The summed E-state index contributed by atoms with van der Waals surface area (Å²) in [6, 6.07) is 7.81. The van der Waals surface area contributed by atoms with Crippen molar-refractivity contribution in [1.82, 2.24) is 9.97 Å². The quantitative estimate of drug-likeness (QED) is 0.811. The van der Waals surface area contributed by atoms with E-state index < -0.39 is 0 Å². The van der Waals surface area contributed by atoms with Crippen LogP contribution in [0.25, 0.3) is 0 Å². The van der Waals surface area contributed by atoms with Gasteiger partial charge in [-0.2, -0.15) is 0 Å². The van der Waals surface area contributed by atoms with Gasteiger partial charge in [0, 0.05) is 43.3 Å². The van der Waals surface area contributed by atoms with Crippen LogP contribution in [0.5, 0.6) is 5.88 Å². The second-order valence-corrected chi connectivity index (χ2v) is 4.42. The summed E-state index contributed by atoms with van der Waals surface area (Å²) in [5.74, 6) is 1.52. The van der Waals surface area contributed by atoms with Crippen LogP contribution in [0.1, 0.15) is 18.9 Å². The summed E-state index contributed by atoms with van der Waals surface area (Å²) in [7, 11) is 1.61. The van der Waals surface area contributed by atoms with E-state index in [0.29, 0.717) is 12.4 Å². The van der Waals surface area contributed by atoms with Gasteiger partial charge in [0.1, 0.15) is 5.82 Å². The fraction of sp³-hybridized carbons (Fsp3) is 0.333. The van der Waals surface area contributed by atoms with Crippen molar-refractivity contribution in [3.05, 3.63) is 42.2 Å². The average Bonchev–Trinajstić information content (AvgIpc) is 2.52. The van der Waals surface area contributed by atoms with Crippen molar-refractivity contribution in [2.24, 2.45) is 0 Å². The molecular weight excluding hydrogens is 252 g/mol.